The van der Waals surface area contributed by atoms with Crippen LogP contribution in [0.3, 0.4) is 0 Å². The molecule has 0 aliphatic carbocycles. The van der Waals surface area contributed by atoms with Crippen LogP contribution in [0.5, 0.6) is 0 Å². The summed E-state index contributed by atoms with van der Waals surface area (Å²) in [5, 5.41) is 9.44. The summed E-state index contributed by atoms with van der Waals surface area (Å²) in [5.74, 6) is 0.740. The van der Waals surface area contributed by atoms with Crippen molar-refractivity contribution in [1.82, 2.24) is 9.80 Å². The highest BCUT2D eigenvalue weighted by molar-refractivity contribution is 5.81. The third kappa shape index (κ3) is 2.47. The lowest BCUT2D eigenvalue weighted by molar-refractivity contribution is -0.136. The number of likely N-dealkylation sites (tertiary alicyclic amines) is 2. The average Bonchev–Trinajstić information content (AvgIpc) is 2.95. The van der Waals surface area contributed by atoms with Gasteiger partial charge in [-0.05, 0) is 38.6 Å². The monoisotopic (exact) mass is 240 g/mol. The topological polar surface area (TPSA) is 43.8 Å². The van der Waals surface area contributed by atoms with E-state index in [0.29, 0.717) is 5.92 Å². The summed E-state index contributed by atoms with van der Waals surface area (Å²) in [7, 11) is 0. The molecule has 0 radical (unpaired) electrons. The third-order valence-corrected chi connectivity index (χ3v) is 4.39. The van der Waals surface area contributed by atoms with Crippen LogP contribution >= 0.6 is 0 Å². The van der Waals surface area contributed by atoms with Crippen LogP contribution in [0.25, 0.3) is 0 Å². The van der Waals surface area contributed by atoms with E-state index in [4.69, 9.17) is 0 Å². The van der Waals surface area contributed by atoms with Crippen molar-refractivity contribution in [3.8, 4) is 0 Å². The first-order valence-electron chi connectivity index (χ1n) is 6.80. The standard InChI is InChI=1S/C13H24N2O2/c1-10-5-8-15(12(10)9-16)11(2)13(17)14-6-3-4-7-14/h10-12,16H,3-9H2,1-2H3. The smallest absolute Gasteiger partial charge is 0.239 e. The molecule has 4 heteroatoms. The van der Waals surface area contributed by atoms with Gasteiger partial charge in [0.15, 0.2) is 0 Å². The highest BCUT2D eigenvalue weighted by Crippen LogP contribution is 2.26. The van der Waals surface area contributed by atoms with E-state index < -0.39 is 0 Å². The molecule has 2 aliphatic rings. The molecule has 0 saturated carbocycles. The maximum Gasteiger partial charge on any atom is 0.239 e. The van der Waals surface area contributed by atoms with Crippen LogP contribution < -0.4 is 0 Å². The van der Waals surface area contributed by atoms with Gasteiger partial charge in [0.05, 0.1) is 12.6 Å². The van der Waals surface area contributed by atoms with Crippen molar-refractivity contribution in [2.75, 3.05) is 26.2 Å². The van der Waals surface area contributed by atoms with Crippen LogP contribution in [-0.4, -0.2) is 59.1 Å². The first-order valence-corrected chi connectivity index (χ1v) is 6.80. The first kappa shape index (κ1) is 12.8. The summed E-state index contributed by atoms with van der Waals surface area (Å²) < 4.78 is 0. The van der Waals surface area contributed by atoms with Gasteiger partial charge < -0.3 is 10.0 Å². The van der Waals surface area contributed by atoms with Crippen molar-refractivity contribution in [2.45, 2.75) is 45.2 Å². The number of carbonyl (C=O) groups excluding carboxylic acids is 1. The predicted octanol–water partition coefficient (Wildman–Crippen LogP) is 0.700. The van der Waals surface area contributed by atoms with Gasteiger partial charge in [0.1, 0.15) is 0 Å². The Balaban J connectivity index is 1.98. The van der Waals surface area contributed by atoms with Gasteiger partial charge in [-0.25, -0.2) is 0 Å². The molecule has 0 spiro atoms. The Morgan fingerprint density at radius 3 is 2.59 bits per heavy atom. The number of hydrogen-bond donors (Lipinski definition) is 1. The number of amides is 1. The van der Waals surface area contributed by atoms with E-state index in [1.165, 1.54) is 0 Å². The van der Waals surface area contributed by atoms with Gasteiger partial charge in [0.2, 0.25) is 5.91 Å². The lowest BCUT2D eigenvalue weighted by Crippen LogP contribution is -2.49. The highest BCUT2D eigenvalue weighted by Gasteiger charge is 2.37. The Bertz CT molecular complexity index is 277. The fourth-order valence-electron chi connectivity index (χ4n) is 3.15. The van der Waals surface area contributed by atoms with Crippen molar-refractivity contribution < 1.29 is 9.90 Å². The van der Waals surface area contributed by atoms with Crippen LogP contribution in [-0.2, 0) is 4.79 Å². The molecule has 98 valence electrons. The molecule has 0 aromatic carbocycles. The Morgan fingerprint density at radius 1 is 1.35 bits per heavy atom. The van der Waals surface area contributed by atoms with Gasteiger partial charge in [-0.3, -0.25) is 9.69 Å². The minimum atomic E-state index is -0.0739. The van der Waals surface area contributed by atoms with E-state index in [9.17, 15) is 9.90 Å². The number of aliphatic hydroxyl groups is 1. The van der Waals surface area contributed by atoms with Crippen molar-refractivity contribution in [3.05, 3.63) is 0 Å². The van der Waals surface area contributed by atoms with E-state index in [1.54, 1.807) is 0 Å². The Hall–Kier alpha value is -0.610. The van der Waals surface area contributed by atoms with Crippen LogP contribution in [0.1, 0.15) is 33.1 Å². The van der Waals surface area contributed by atoms with Gasteiger partial charge in [-0.2, -0.15) is 0 Å². The van der Waals surface area contributed by atoms with Crippen LogP contribution in [0.15, 0.2) is 0 Å². The van der Waals surface area contributed by atoms with E-state index in [-0.39, 0.29) is 24.6 Å². The summed E-state index contributed by atoms with van der Waals surface area (Å²) in [4.78, 5) is 16.5. The second kappa shape index (κ2) is 5.36. The second-order valence-corrected chi connectivity index (χ2v) is 5.46. The summed E-state index contributed by atoms with van der Waals surface area (Å²) in [6, 6.07) is 0.0896. The molecule has 2 aliphatic heterocycles. The molecule has 1 amide bonds. The fourth-order valence-corrected chi connectivity index (χ4v) is 3.15. The lowest BCUT2D eigenvalue weighted by Gasteiger charge is -2.32. The molecule has 3 atom stereocenters. The Labute approximate surface area is 104 Å². The molecule has 2 fully saturated rings. The zero-order chi connectivity index (χ0) is 12.4. The second-order valence-electron chi connectivity index (χ2n) is 5.46. The quantitative estimate of drug-likeness (QED) is 0.790. The van der Waals surface area contributed by atoms with Gasteiger partial charge in [-0.15, -0.1) is 0 Å². The van der Waals surface area contributed by atoms with Gasteiger partial charge in [-0.1, -0.05) is 6.92 Å². The maximum absolute atomic E-state index is 12.3. The minimum Gasteiger partial charge on any atom is -0.395 e. The highest BCUT2D eigenvalue weighted by atomic mass is 16.3. The molecule has 0 bridgehead atoms. The molecule has 0 aromatic heterocycles. The zero-order valence-corrected chi connectivity index (χ0v) is 10.9. The molecule has 17 heavy (non-hydrogen) atoms. The van der Waals surface area contributed by atoms with E-state index >= 15 is 0 Å². The summed E-state index contributed by atoms with van der Waals surface area (Å²) in [5.41, 5.74) is 0. The number of nitrogens with zero attached hydrogens (tertiary/aromatic N) is 2. The van der Waals surface area contributed by atoms with Crippen LogP contribution in [0.4, 0.5) is 0 Å². The van der Waals surface area contributed by atoms with Crippen LogP contribution in [0.2, 0.25) is 0 Å². The normalized spacial score (nSPS) is 32.1. The largest absolute Gasteiger partial charge is 0.395 e. The van der Waals surface area contributed by atoms with Crippen molar-refractivity contribution >= 4 is 5.91 Å². The van der Waals surface area contributed by atoms with Gasteiger partial charge in [0, 0.05) is 19.1 Å². The molecule has 4 nitrogen and oxygen atoms in total. The van der Waals surface area contributed by atoms with Crippen LogP contribution in [0, 0.1) is 5.92 Å². The van der Waals surface area contributed by atoms with Crippen molar-refractivity contribution in [1.29, 1.82) is 0 Å². The molecular weight excluding hydrogens is 216 g/mol. The van der Waals surface area contributed by atoms with Crippen molar-refractivity contribution in [2.24, 2.45) is 5.92 Å². The van der Waals surface area contributed by atoms with E-state index in [1.807, 2.05) is 11.8 Å². The molecule has 2 heterocycles. The summed E-state index contributed by atoms with van der Waals surface area (Å²) in [6.45, 7) is 7.08. The Kier molecular flexibility index (Phi) is 4.05. The number of aliphatic hydroxyl groups excluding tert-OH is 1. The Morgan fingerprint density at radius 2 is 2.00 bits per heavy atom. The van der Waals surface area contributed by atoms with Gasteiger partial charge in [0.25, 0.3) is 0 Å². The zero-order valence-electron chi connectivity index (χ0n) is 10.9. The lowest BCUT2D eigenvalue weighted by atomic mass is 10.0. The first-order chi connectivity index (χ1) is 8.15. The number of rotatable bonds is 3. The molecule has 2 saturated heterocycles. The fraction of sp³-hybridized carbons (Fsp3) is 0.923. The van der Waals surface area contributed by atoms with Gasteiger partial charge >= 0.3 is 0 Å². The molecule has 1 N–H and O–H groups in total. The third-order valence-electron chi connectivity index (χ3n) is 4.39. The summed E-state index contributed by atoms with van der Waals surface area (Å²) in [6.07, 6.45) is 3.36. The SMILES string of the molecule is CC1CCN(C(C)C(=O)N2CCCC2)C1CO. The average molecular weight is 240 g/mol. The number of hydrogen-bond acceptors (Lipinski definition) is 3. The molecule has 0 aromatic rings. The summed E-state index contributed by atoms with van der Waals surface area (Å²) >= 11 is 0. The van der Waals surface area contributed by atoms with Crippen molar-refractivity contribution in [3.63, 3.8) is 0 Å². The minimum absolute atomic E-state index is 0.0739. The van der Waals surface area contributed by atoms with E-state index in [2.05, 4.69) is 11.8 Å². The maximum atomic E-state index is 12.3. The van der Waals surface area contributed by atoms with E-state index in [0.717, 1.165) is 38.9 Å². The molecular formula is C13H24N2O2. The molecule has 2 rings (SSSR count). The number of carbonyl (C=O) groups is 1. The predicted molar refractivity (Wildman–Crippen MR) is 66.6 cm³/mol. The molecule has 3 unspecified atom stereocenters.